The van der Waals surface area contributed by atoms with Crippen LogP contribution in [0.1, 0.15) is 64.3 Å². The van der Waals surface area contributed by atoms with Crippen LogP contribution < -0.4 is 10.6 Å². The summed E-state index contributed by atoms with van der Waals surface area (Å²) in [5.74, 6) is -0.418. The summed E-state index contributed by atoms with van der Waals surface area (Å²) in [6.45, 7) is 18.5. The zero-order valence-electron chi connectivity index (χ0n) is 23.6. The molecule has 4 amide bonds. The maximum absolute atomic E-state index is 13.4. The number of carbonyl (C=O) groups excluding carboxylic acids is 3. The van der Waals surface area contributed by atoms with Crippen LogP contribution in [0.5, 0.6) is 0 Å². The van der Waals surface area contributed by atoms with Crippen molar-refractivity contribution in [3.63, 3.8) is 0 Å². The predicted octanol–water partition coefficient (Wildman–Crippen LogP) is 3.72. The van der Waals surface area contributed by atoms with E-state index >= 15 is 0 Å². The van der Waals surface area contributed by atoms with E-state index in [0.29, 0.717) is 44.0 Å². The molecule has 2 N–H and O–H groups in total. The Balaban J connectivity index is 1.97. The fourth-order valence-corrected chi connectivity index (χ4v) is 5.04. The van der Waals surface area contributed by atoms with Crippen molar-refractivity contribution < 1.29 is 19.1 Å². The third kappa shape index (κ3) is 6.63. The van der Waals surface area contributed by atoms with E-state index in [4.69, 9.17) is 4.74 Å². The van der Waals surface area contributed by atoms with Gasteiger partial charge in [-0.05, 0) is 66.5 Å². The van der Waals surface area contributed by atoms with Gasteiger partial charge in [0.2, 0.25) is 0 Å². The lowest BCUT2D eigenvalue weighted by molar-refractivity contribution is -0.139. The number of amides is 4. The lowest BCUT2D eigenvalue weighted by Gasteiger charge is -2.43. The summed E-state index contributed by atoms with van der Waals surface area (Å²) in [6.07, 6.45) is 0. The average Bonchev–Trinajstić information content (AvgIpc) is 2.79. The minimum absolute atomic E-state index is 0.0231. The van der Waals surface area contributed by atoms with Crippen molar-refractivity contribution in [3.05, 3.63) is 46.2 Å². The first kappa shape index (κ1) is 28.5. The van der Waals surface area contributed by atoms with Crippen molar-refractivity contribution in [1.29, 1.82) is 0 Å². The first-order valence-electron chi connectivity index (χ1n) is 13.2. The predicted molar refractivity (Wildman–Crippen MR) is 144 cm³/mol. The van der Waals surface area contributed by atoms with Gasteiger partial charge in [-0.3, -0.25) is 9.80 Å². The molecular weight excluding hydrogens is 470 g/mol. The number of piperazine rings is 1. The molecule has 2 aliphatic heterocycles. The van der Waals surface area contributed by atoms with E-state index in [0.717, 1.165) is 16.7 Å². The molecule has 2 aliphatic rings. The second-order valence-corrected chi connectivity index (χ2v) is 11.0. The number of carbonyl (C=O) groups is 3. The fourth-order valence-electron chi connectivity index (χ4n) is 5.04. The molecule has 1 aromatic carbocycles. The maximum atomic E-state index is 13.4. The number of benzene rings is 1. The van der Waals surface area contributed by atoms with Crippen LogP contribution in [0.25, 0.3) is 0 Å². The van der Waals surface area contributed by atoms with Crippen molar-refractivity contribution in [2.24, 2.45) is 0 Å². The van der Waals surface area contributed by atoms with E-state index in [1.54, 1.807) is 11.8 Å². The van der Waals surface area contributed by atoms with Gasteiger partial charge in [-0.1, -0.05) is 23.8 Å². The molecule has 0 aliphatic carbocycles. The van der Waals surface area contributed by atoms with Gasteiger partial charge in [-0.15, -0.1) is 0 Å². The van der Waals surface area contributed by atoms with Crippen molar-refractivity contribution >= 4 is 18.0 Å². The summed E-state index contributed by atoms with van der Waals surface area (Å²) in [5.41, 5.74) is 3.76. The third-order valence-electron chi connectivity index (χ3n) is 6.82. The van der Waals surface area contributed by atoms with Gasteiger partial charge in [0.15, 0.2) is 0 Å². The van der Waals surface area contributed by atoms with Gasteiger partial charge in [0, 0.05) is 50.0 Å². The minimum Gasteiger partial charge on any atom is -0.463 e. The van der Waals surface area contributed by atoms with Gasteiger partial charge in [0.05, 0.1) is 18.2 Å². The SMILES string of the molecule is CCOC(=O)C1=C(CN2CCN(C(=O)NC(C)(C)C)[C@@H](C)C2)N(CC)C(=O)N[C@@H]1c1cc(C)ccc1C. The van der Waals surface area contributed by atoms with Gasteiger partial charge in [-0.25, -0.2) is 14.4 Å². The van der Waals surface area contributed by atoms with Crippen LogP contribution in [0.3, 0.4) is 0 Å². The molecule has 1 saturated heterocycles. The molecule has 0 unspecified atom stereocenters. The van der Waals surface area contributed by atoms with Crippen LogP contribution in [-0.4, -0.2) is 83.6 Å². The fraction of sp³-hybridized carbons (Fsp3) is 0.607. The maximum Gasteiger partial charge on any atom is 0.338 e. The molecule has 1 fully saturated rings. The highest BCUT2D eigenvalue weighted by Crippen LogP contribution is 2.34. The second kappa shape index (κ2) is 11.5. The molecule has 3 rings (SSSR count). The molecule has 37 heavy (non-hydrogen) atoms. The molecule has 0 aromatic heterocycles. The van der Waals surface area contributed by atoms with E-state index in [9.17, 15) is 14.4 Å². The van der Waals surface area contributed by atoms with E-state index in [-0.39, 0.29) is 30.2 Å². The Labute approximate surface area is 221 Å². The highest BCUT2D eigenvalue weighted by atomic mass is 16.5. The Morgan fingerprint density at radius 3 is 2.46 bits per heavy atom. The standard InChI is InChI=1S/C28H43N5O4/c1-9-32-22(17-31-13-14-33(20(5)16-31)27(36)30-28(6,7)8)23(25(34)37-10-2)24(29-26(32)35)21-15-18(3)11-12-19(21)4/h11-12,15,20,24H,9-10,13-14,16-17H2,1-8H3,(H,29,35)(H,30,36)/t20-,24+/m0/s1. The highest BCUT2D eigenvalue weighted by Gasteiger charge is 2.39. The van der Waals surface area contributed by atoms with Crippen molar-refractivity contribution in [3.8, 4) is 0 Å². The molecular formula is C28H43N5O4. The molecule has 0 saturated carbocycles. The van der Waals surface area contributed by atoms with Crippen LogP contribution >= 0.6 is 0 Å². The van der Waals surface area contributed by atoms with Crippen LogP contribution in [0.15, 0.2) is 29.5 Å². The molecule has 1 aromatic rings. The van der Waals surface area contributed by atoms with E-state index in [1.165, 1.54) is 0 Å². The van der Waals surface area contributed by atoms with Gasteiger partial charge >= 0.3 is 18.0 Å². The number of hydrogen-bond acceptors (Lipinski definition) is 5. The summed E-state index contributed by atoms with van der Waals surface area (Å²) in [5, 5.41) is 6.10. The first-order chi connectivity index (χ1) is 17.4. The summed E-state index contributed by atoms with van der Waals surface area (Å²) in [6, 6.07) is 5.13. The second-order valence-electron chi connectivity index (χ2n) is 11.0. The molecule has 0 spiro atoms. The lowest BCUT2D eigenvalue weighted by Crippen LogP contribution is -2.59. The van der Waals surface area contributed by atoms with Crippen LogP contribution in [0.2, 0.25) is 0 Å². The van der Waals surface area contributed by atoms with Gasteiger partial charge in [0.1, 0.15) is 0 Å². The zero-order valence-corrected chi connectivity index (χ0v) is 23.6. The number of esters is 1. The number of likely N-dealkylation sites (N-methyl/N-ethyl adjacent to an activating group) is 1. The van der Waals surface area contributed by atoms with Crippen LogP contribution in [0.4, 0.5) is 9.59 Å². The number of nitrogens with one attached hydrogen (secondary N) is 2. The lowest BCUT2D eigenvalue weighted by atomic mass is 9.90. The quantitative estimate of drug-likeness (QED) is 0.566. The smallest absolute Gasteiger partial charge is 0.338 e. The Hall–Kier alpha value is -3.07. The Morgan fingerprint density at radius 2 is 1.86 bits per heavy atom. The van der Waals surface area contributed by atoms with Crippen molar-refractivity contribution in [1.82, 2.24) is 25.3 Å². The number of nitrogens with zero attached hydrogens (tertiary/aromatic N) is 3. The summed E-state index contributed by atoms with van der Waals surface area (Å²) >= 11 is 0. The number of rotatable bonds is 6. The van der Waals surface area contributed by atoms with E-state index in [1.807, 2.05) is 71.6 Å². The molecule has 9 heteroatoms. The summed E-state index contributed by atoms with van der Waals surface area (Å²) < 4.78 is 5.51. The van der Waals surface area contributed by atoms with Gasteiger partial charge in [-0.2, -0.15) is 0 Å². The average molecular weight is 514 g/mol. The highest BCUT2D eigenvalue weighted by molar-refractivity contribution is 5.95. The van der Waals surface area contributed by atoms with E-state index < -0.39 is 12.0 Å². The number of aryl methyl sites for hydroxylation is 2. The van der Waals surface area contributed by atoms with Gasteiger partial charge in [0.25, 0.3) is 0 Å². The molecule has 0 bridgehead atoms. The summed E-state index contributed by atoms with van der Waals surface area (Å²) in [7, 11) is 0. The topological polar surface area (TPSA) is 94.2 Å². The monoisotopic (exact) mass is 513 g/mol. The third-order valence-corrected chi connectivity index (χ3v) is 6.82. The normalized spacial score (nSPS) is 21.1. The number of hydrogen-bond donors (Lipinski definition) is 2. The molecule has 2 atom stereocenters. The Bertz CT molecular complexity index is 1060. The first-order valence-corrected chi connectivity index (χ1v) is 13.2. The van der Waals surface area contributed by atoms with E-state index in [2.05, 4.69) is 15.5 Å². The van der Waals surface area contributed by atoms with Gasteiger partial charge < -0.3 is 20.3 Å². The number of urea groups is 2. The molecule has 9 nitrogen and oxygen atoms in total. The molecule has 2 heterocycles. The minimum atomic E-state index is -0.597. The zero-order chi connectivity index (χ0) is 27.5. The van der Waals surface area contributed by atoms with Crippen molar-refractivity contribution in [2.45, 2.75) is 73.0 Å². The Kier molecular flexibility index (Phi) is 8.89. The largest absolute Gasteiger partial charge is 0.463 e. The molecule has 204 valence electrons. The summed E-state index contributed by atoms with van der Waals surface area (Å²) in [4.78, 5) is 45.2. The van der Waals surface area contributed by atoms with Crippen LogP contribution in [0, 0.1) is 13.8 Å². The molecule has 0 radical (unpaired) electrons. The van der Waals surface area contributed by atoms with Crippen LogP contribution in [-0.2, 0) is 9.53 Å². The Morgan fingerprint density at radius 1 is 1.16 bits per heavy atom. The van der Waals surface area contributed by atoms with Crippen molar-refractivity contribution in [2.75, 3.05) is 39.3 Å². The number of ether oxygens (including phenoxy) is 1.